The molecule has 0 aromatic heterocycles. The Balaban J connectivity index is 3.11. The molecule has 0 N–H and O–H groups in total. The summed E-state index contributed by atoms with van der Waals surface area (Å²) in [4.78, 5) is 12.8. The molecule has 1 heterocycles. The van der Waals surface area contributed by atoms with Gasteiger partial charge in [-0.1, -0.05) is 13.8 Å². The van der Waals surface area contributed by atoms with E-state index in [4.69, 9.17) is 0 Å². The Bertz CT molecular complexity index is 289. The molecule has 16 heavy (non-hydrogen) atoms. The third-order valence-corrected chi connectivity index (χ3v) is 3.63. The number of rotatable bonds is 2. The number of likely N-dealkylation sites (tertiary alicyclic amines) is 1. The highest BCUT2D eigenvalue weighted by atomic mass is 19.4. The summed E-state index contributed by atoms with van der Waals surface area (Å²) in [6.07, 6.45) is -3.99. The molecule has 2 nitrogen and oxygen atoms in total. The highest BCUT2D eigenvalue weighted by molar-refractivity contribution is 5.82. The summed E-state index contributed by atoms with van der Waals surface area (Å²) < 4.78 is 39.1. The van der Waals surface area contributed by atoms with E-state index in [0.29, 0.717) is 6.42 Å². The number of carbonyl (C=O) groups is 1. The van der Waals surface area contributed by atoms with Crippen LogP contribution >= 0.6 is 0 Å². The first-order chi connectivity index (χ1) is 7.15. The van der Waals surface area contributed by atoms with Crippen LogP contribution < -0.4 is 0 Å². The molecule has 1 amide bonds. The lowest BCUT2D eigenvalue weighted by Crippen LogP contribution is -2.59. The lowest BCUT2D eigenvalue weighted by Gasteiger charge is -2.42. The lowest BCUT2D eigenvalue weighted by atomic mass is 9.94. The van der Waals surface area contributed by atoms with Crippen molar-refractivity contribution in [3.8, 4) is 0 Å². The zero-order valence-electron chi connectivity index (χ0n) is 10.1. The van der Waals surface area contributed by atoms with E-state index in [1.165, 1.54) is 6.92 Å². The highest BCUT2D eigenvalue weighted by Gasteiger charge is 2.58. The molecule has 3 atom stereocenters. The number of alkyl halides is 3. The van der Waals surface area contributed by atoms with Crippen molar-refractivity contribution in [1.29, 1.82) is 0 Å². The van der Waals surface area contributed by atoms with Gasteiger partial charge in [0.15, 0.2) is 0 Å². The first kappa shape index (κ1) is 13.3. The number of hydrogen-bond acceptors (Lipinski definition) is 1. The maximum Gasteiger partial charge on any atom is 0.411 e. The third kappa shape index (κ3) is 1.80. The van der Waals surface area contributed by atoms with Crippen molar-refractivity contribution in [2.45, 2.75) is 58.3 Å². The van der Waals surface area contributed by atoms with E-state index in [1.807, 2.05) is 0 Å². The second-order valence-electron chi connectivity index (χ2n) is 4.82. The largest absolute Gasteiger partial charge is 0.411 e. The van der Waals surface area contributed by atoms with E-state index in [-0.39, 0.29) is 24.3 Å². The summed E-state index contributed by atoms with van der Waals surface area (Å²) >= 11 is 0. The van der Waals surface area contributed by atoms with Crippen molar-refractivity contribution in [2.24, 2.45) is 5.92 Å². The highest BCUT2D eigenvalue weighted by Crippen LogP contribution is 2.43. The standard InChI is InChI=1S/C11H18F3NO/c1-5-10(4,11(12,13)14)15-8(3)6-7(2)9(15)16/h7-8H,5-6H2,1-4H3. The van der Waals surface area contributed by atoms with Gasteiger partial charge in [0.1, 0.15) is 5.54 Å². The van der Waals surface area contributed by atoms with Crippen molar-refractivity contribution >= 4 is 5.91 Å². The Morgan fingerprint density at radius 2 is 1.88 bits per heavy atom. The van der Waals surface area contributed by atoms with Crippen LogP contribution in [-0.2, 0) is 4.79 Å². The number of carbonyl (C=O) groups excluding carboxylic acids is 1. The van der Waals surface area contributed by atoms with Gasteiger partial charge in [-0.25, -0.2) is 0 Å². The molecule has 3 unspecified atom stereocenters. The third-order valence-electron chi connectivity index (χ3n) is 3.63. The molecule has 0 aliphatic carbocycles. The summed E-state index contributed by atoms with van der Waals surface area (Å²) in [5, 5.41) is 0. The normalized spacial score (nSPS) is 30.7. The number of hydrogen-bond donors (Lipinski definition) is 0. The molecule has 1 fully saturated rings. The molecule has 0 bridgehead atoms. The maximum absolute atomic E-state index is 13.0. The Morgan fingerprint density at radius 3 is 2.12 bits per heavy atom. The van der Waals surface area contributed by atoms with Crippen molar-refractivity contribution in [1.82, 2.24) is 4.90 Å². The van der Waals surface area contributed by atoms with Crippen molar-refractivity contribution in [2.75, 3.05) is 0 Å². The van der Waals surface area contributed by atoms with Crippen LogP contribution in [0.25, 0.3) is 0 Å². The zero-order chi connectivity index (χ0) is 12.7. The van der Waals surface area contributed by atoms with E-state index < -0.39 is 11.7 Å². The van der Waals surface area contributed by atoms with Crippen LogP contribution in [0, 0.1) is 5.92 Å². The molecule has 1 aliphatic heterocycles. The van der Waals surface area contributed by atoms with Gasteiger partial charge in [-0.3, -0.25) is 4.79 Å². The second-order valence-corrected chi connectivity index (χ2v) is 4.82. The molecular weight excluding hydrogens is 219 g/mol. The van der Waals surface area contributed by atoms with E-state index in [1.54, 1.807) is 13.8 Å². The minimum absolute atomic E-state index is 0.112. The summed E-state index contributed by atoms with van der Waals surface area (Å²) in [6.45, 7) is 5.95. The fourth-order valence-corrected chi connectivity index (χ4v) is 2.41. The SMILES string of the molecule is CCC(C)(N1C(=O)C(C)CC1C)C(F)(F)F. The average molecular weight is 237 g/mol. The van der Waals surface area contributed by atoms with E-state index in [2.05, 4.69) is 0 Å². The molecular formula is C11H18F3NO. The van der Waals surface area contributed by atoms with E-state index >= 15 is 0 Å². The number of amides is 1. The summed E-state index contributed by atoms with van der Waals surface area (Å²) in [6, 6.07) is -0.339. The summed E-state index contributed by atoms with van der Waals surface area (Å²) in [5.74, 6) is -0.683. The smallest absolute Gasteiger partial charge is 0.325 e. The summed E-state index contributed by atoms with van der Waals surface area (Å²) in [5.41, 5.74) is -2.03. The average Bonchev–Trinajstić information content (AvgIpc) is 2.39. The molecule has 1 rings (SSSR count). The number of halogens is 3. The zero-order valence-corrected chi connectivity index (χ0v) is 10.1. The predicted molar refractivity (Wildman–Crippen MR) is 54.8 cm³/mol. The predicted octanol–water partition coefficient (Wildman–Crippen LogP) is 2.97. The number of nitrogens with zero attached hydrogens (tertiary/aromatic N) is 1. The topological polar surface area (TPSA) is 20.3 Å². The van der Waals surface area contributed by atoms with Gasteiger partial charge in [-0.05, 0) is 26.7 Å². The fraction of sp³-hybridized carbons (Fsp3) is 0.909. The Labute approximate surface area is 93.8 Å². The van der Waals surface area contributed by atoms with Crippen LogP contribution in [0.15, 0.2) is 0 Å². The maximum atomic E-state index is 13.0. The molecule has 0 radical (unpaired) electrons. The van der Waals surface area contributed by atoms with Gasteiger partial charge in [0.05, 0.1) is 0 Å². The second kappa shape index (κ2) is 3.93. The van der Waals surface area contributed by atoms with Gasteiger partial charge in [0.25, 0.3) is 0 Å². The summed E-state index contributed by atoms with van der Waals surface area (Å²) in [7, 11) is 0. The van der Waals surface area contributed by atoms with Crippen LogP contribution in [0.1, 0.15) is 40.5 Å². The van der Waals surface area contributed by atoms with Crippen LogP contribution in [0.4, 0.5) is 13.2 Å². The van der Waals surface area contributed by atoms with Gasteiger partial charge in [-0.15, -0.1) is 0 Å². The Hall–Kier alpha value is -0.740. The minimum Gasteiger partial charge on any atom is -0.325 e. The van der Waals surface area contributed by atoms with Gasteiger partial charge in [0.2, 0.25) is 5.91 Å². The van der Waals surface area contributed by atoms with Crippen LogP contribution in [0.2, 0.25) is 0 Å². The minimum atomic E-state index is -4.38. The van der Waals surface area contributed by atoms with E-state index in [0.717, 1.165) is 11.8 Å². The monoisotopic (exact) mass is 237 g/mol. The molecule has 5 heteroatoms. The molecule has 0 saturated carbocycles. The van der Waals surface area contributed by atoms with Gasteiger partial charge in [-0.2, -0.15) is 13.2 Å². The van der Waals surface area contributed by atoms with Gasteiger partial charge >= 0.3 is 6.18 Å². The first-order valence-electron chi connectivity index (χ1n) is 5.55. The molecule has 0 aromatic rings. The first-order valence-corrected chi connectivity index (χ1v) is 5.55. The molecule has 0 spiro atoms. The van der Waals surface area contributed by atoms with Crippen LogP contribution in [0.5, 0.6) is 0 Å². The molecule has 94 valence electrons. The van der Waals surface area contributed by atoms with Crippen molar-refractivity contribution in [3.05, 3.63) is 0 Å². The van der Waals surface area contributed by atoms with Crippen LogP contribution in [0.3, 0.4) is 0 Å². The molecule has 1 aliphatic rings. The Morgan fingerprint density at radius 1 is 1.38 bits per heavy atom. The quantitative estimate of drug-likeness (QED) is 0.723. The van der Waals surface area contributed by atoms with Gasteiger partial charge in [0, 0.05) is 12.0 Å². The van der Waals surface area contributed by atoms with E-state index in [9.17, 15) is 18.0 Å². The van der Waals surface area contributed by atoms with Crippen LogP contribution in [-0.4, -0.2) is 28.6 Å². The molecule has 1 saturated heterocycles. The van der Waals surface area contributed by atoms with Gasteiger partial charge < -0.3 is 4.90 Å². The Kier molecular flexibility index (Phi) is 3.27. The van der Waals surface area contributed by atoms with Crippen molar-refractivity contribution < 1.29 is 18.0 Å². The lowest BCUT2D eigenvalue weighted by molar-refractivity contribution is -0.229. The molecule has 0 aromatic carbocycles. The van der Waals surface area contributed by atoms with Crippen molar-refractivity contribution in [3.63, 3.8) is 0 Å². The fourth-order valence-electron chi connectivity index (χ4n) is 2.41.